The van der Waals surface area contributed by atoms with Crippen molar-refractivity contribution < 1.29 is 9.90 Å². The third-order valence-electron chi connectivity index (χ3n) is 3.19. The molecule has 21 heavy (non-hydrogen) atoms. The fourth-order valence-corrected chi connectivity index (χ4v) is 2.64. The molecule has 0 bridgehead atoms. The van der Waals surface area contributed by atoms with Crippen LogP contribution >= 0.6 is 11.8 Å². The van der Waals surface area contributed by atoms with Gasteiger partial charge in [-0.05, 0) is 29.5 Å². The van der Waals surface area contributed by atoms with E-state index in [4.69, 9.17) is 0 Å². The van der Waals surface area contributed by atoms with Crippen molar-refractivity contribution in [2.45, 2.75) is 11.8 Å². The van der Waals surface area contributed by atoms with Crippen LogP contribution in [0.4, 0.5) is 0 Å². The Morgan fingerprint density at radius 2 is 1.95 bits per heavy atom. The average Bonchev–Trinajstić information content (AvgIpc) is 2.54. The number of carbonyl (C=O) groups is 1. The van der Waals surface area contributed by atoms with Gasteiger partial charge in [-0.15, -0.1) is 0 Å². The van der Waals surface area contributed by atoms with Crippen LogP contribution in [0.3, 0.4) is 0 Å². The molecule has 0 saturated carbocycles. The summed E-state index contributed by atoms with van der Waals surface area (Å²) in [5, 5.41) is 12.4. The molecule has 110 valence electrons. The molecule has 0 fully saturated rings. The van der Waals surface area contributed by atoms with E-state index in [-0.39, 0.29) is 18.6 Å². The normalized spacial score (nSPS) is 11.9. The van der Waals surface area contributed by atoms with Gasteiger partial charge in [0.15, 0.2) is 0 Å². The zero-order valence-electron chi connectivity index (χ0n) is 12.0. The minimum absolute atomic E-state index is 0.125. The molecule has 2 aromatic carbocycles. The van der Waals surface area contributed by atoms with Crippen molar-refractivity contribution in [3.05, 3.63) is 71.3 Å². The molecule has 0 aliphatic carbocycles. The molecule has 1 unspecified atom stereocenters. The van der Waals surface area contributed by atoms with Crippen LogP contribution in [0.15, 0.2) is 54.6 Å². The Morgan fingerprint density at radius 3 is 2.62 bits per heavy atom. The Bertz CT molecular complexity index is 586. The lowest BCUT2D eigenvalue weighted by atomic mass is 10.1. The van der Waals surface area contributed by atoms with Crippen molar-refractivity contribution in [3.63, 3.8) is 0 Å². The van der Waals surface area contributed by atoms with Gasteiger partial charge < -0.3 is 10.4 Å². The topological polar surface area (TPSA) is 49.3 Å². The van der Waals surface area contributed by atoms with E-state index in [1.807, 2.05) is 54.8 Å². The molecular weight excluding hydrogens is 282 g/mol. The maximum absolute atomic E-state index is 12.3. The number of nitrogens with one attached hydrogen (secondary N) is 1. The first-order chi connectivity index (χ1) is 10.2. The van der Waals surface area contributed by atoms with Gasteiger partial charge in [0.05, 0.1) is 12.6 Å². The standard InChI is InChI=1S/C17H19NO2S/c1-21-12-13-6-5-9-15(10-13)17(20)18-16(11-19)14-7-3-2-4-8-14/h2-10,16,19H,11-12H2,1H3,(H,18,20). The van der Waals surface area contributed by atoms with Crippen LogP contribution < -0.4 is 5.32 Å². The Morgan fingerprint density at radius 1 is 1.19 bits per heavy atom. The summed E-state index contributed by atoms with van der Waals surface area (Å²) in [5.74, 6) is 0.712. The monoisotopic (exact) mass is 301 g/mol. The molecule has 0 aliphatic heterocycles. The fraction of sp³-hybridized carbons (Fsp3) is 0.235. The fourth-order valence-electron chi connectivity index (χ4n) is 2.13. The SMILES string of the molecule is CSCc1cccc(C(=O)NC(CO)c2ccccc2)c1. The number of rotatable bonds is 6. The van der Waals surface area contributed by atoms with E-state index in [2.05, 4.69) is 5.32 Å². The Hall–Kier alpha value is -1.78. The van der Waals surface area contributed by atoms with Crippen LogP contribution in [0.25, 0.3) is 0 Å². The van der Waals surface area contributed by atoms with Crippen molar-refractivity contribution >= 4 is 17.7 Å². The summed E-state index contributed by atoms with van der Waals surface area (Å²) in [7, 11) is 0. The van der Waals surface area contributed by atoms with Crippen LogP contribution in [-0.4, -0.2) is 23.9 Å². The molecule has 0 aromatic heterocycles. The quantitative estimate of drug-likeness (QED) is 0.862. The second-order valence-corrected chi connectivity index (χ2v) is 5.62. The lowest BCUT2D eigenvalue weighted by molar-refractivity contribution is 0.0916. The molecule has 4 heteroatoms. The molecule has 3 nitrogen and oxygen atoms in total. The van der Waals surface area contributed by atoms with Crippen LogP contribution in [-0.2, 0) is 5.75 Å². The number of hydrogen-bond donors (Lipinski definition) is 2. The molecule has 0 aliphatic rings. The highest BCUT2D eigenvalue weighted by molar-refractivity contribution is 7.97. The predicted octanol–water partition coefficient (Wildman–Crippen LogP) is 3.01. The van der Waals surface area contributed by atoms with Gasteiger partial charge in [0.1, 0.15) is 0 Å². The number of thioether (sulfide) groups is 1. The Balaban J connectivity index is 2.11. The van der Waals surface area contributed by atoms with E-state index in [1.165, 1.54) is 0 Å². The minimum atomic E-state index is -0.386. The molecule has 0 spiro atoms. The molecule has 1 amide bonds. The van der Waals surface area contributed by atoms with E-state index in [9.17, 15) is 9.90 Å². The van der Waals surface area contributed by atoms with E-state index in [1.54, 1.807) is 17.8 Å². The Kier molecular flexibility index (Phi) is 5.84. The first-order valence-corrected chi connectivity index (χ1v) is 8.18. The summed E-state index contributed by atoms with van der Waals surface area (Å²) in [6, 6.07) is 16.7. The molecule has 0 heterocycles. The zero-order valence-corrected chi connectivity index (χ0v) is 12.8. The van der Waals surface area contributed by atoms with Crippen LogP contribution in [0.5, 0.6) is 0 Å². The van der Waals surface area contributed by atoms with E-state index >= 15 is 0 Å². The van der Waals surface area contributed by atoms with Crippen LogP contribution in [0, 0.1) is 0 Å². The van der Waals surface area contributed by atoms with Gasteiger partial charge in [0.2, 0.25) is 0 Å². The van der Waals surface area contributed by atoms with Gasteiger partial charge >= 0.3 is 0 Å². The summed E-state index contributed by atoms with van der Waals surface area (Å²) in [5.41, 5.74) is 2.64. The first-order valence-electron chi connectivity index (χ1n) is 6.79. The van der Waals surface area contributed by atoms with Gasteiger partial charge in [0, 0.05) is 11.3 Å². The lowest BCUT2D eigenvalue weighted by Gasteiger charge is -2.17. The van der Waals surface area contributed by atoms with Crippen molar-refractivity contribution in [1.29, 1.82) is 0 Å². The van der Waals surface area contributed by atoms with Crippen molar-refractivity contribution in [1.82, 2.24) is 5.32 Å². The smallest absolute Gasteiger partial charge is 0.251 e. The van der Waals surface area contributed by atoms with Gasteiger partial charge in [-0.1, -0.05) is 42.5 Å². The maximum Gasteiger partial charge on any atom is 0.251 e. The number of aliphatic hydroxyl groups excluding tert-OH is 1. The maximum atomic E-state index is 12.3. The molecule has 2 N–H and O–H groups in total. The molecule has 0 saturated heterocycles. The molecule has 2 rings (SSSR count). The number of benzene rings is 2. The summed E-state index contributed by atoms with van der Waals surface area (Å²) >= 11 is 1.72. The number of carbonyl (C=O) groups excluding carboxylic acids is 1. The van der Waals surface area contributed by atoms with Gasteiger partial charge in [-0.3, -0.25) is 4.79 Å². The second-order valence-electron chi connectivity index (χ2n) is 4.75. The molecule has 2 aromatic rings. The lowest BCUT2D eigenvalue weighted by Crippen LogP contribution is -2.30. The van der Waals surface area contributed by atoms with Crippen LogP contribution in [0.2, 0.25) is 0 Å². The summed E-state index contributed by atoms with van der Waals surface area (Å²) in [6.45, 7) is -0.125. The highest BCUT2D eigenvalue weighted by atomic mass is 32.2. The summed E-state index contributed by atoms with van der Waals surface area (Å²) in [4.78, 5) is 12.3. The largest absolute Gasteiger partial charge is 0.394 e. The van der Waals surface area contributed by atoms with E-state index in [0.29, 0.717) is 5.56 Å². The minimum Gasteiger partial charge on any atom is -0.394 e. The predicted molar refractivity (Wildman–Crippen MR) is 87.4 cm³/mol. The second kappa shape index (κ2) is 7.86. The van der Waals surface area contributed by atoms with E-state index in [0.717, 1.165) is 16.9 Å². The molecule has 1 atom stereocenters. The van der Waals surface area contributed by atoms with E-state index < -0.39 is 0 Å². The highest BCUT2D eigenvalue weighted by Crippen LogP contribution is 2.15. The highest BCUT2D eigenvalue weighted by Gasteiger charge is 2.14. The zero-order chi connectivity index (χ0) is 15.1. The Labute approximate surface area is 129 Å². The van der Waals surface area contributed by atoms with Gasteiger partial charge in [0.25, 0.3) is 5.91 Å². The van der Waals surface area contributed by atoms with Crippen molar-refractivity contribution in [2.24, 2.45) is 0 Å². The number of hydrogen-bond acceptors (Lipinski definition) is 3. The third kappa shape index (κ3) is 4.34. The summed E-state index contributed by atoms with van der Waals surface area (Å²) < 4.78 is 0. The van der Waals surface area contributed by atoms with Crippen molar-refractivity contribution in [2.75, 3.05) is 12.9 Å². The van der Waals surface area contributed by atoms with Crippen molar-refractivity contribution in [3.8, 4) is 0 Å². The molecule has 0 radical (unpaired) electrons. The number of aliphatic hydroxyl groups is 1. The van der Waals surface area contributed by atoms with Gasteiger partial charge in [-0.2, -0.15) is 11.8 Å². The third-order valence-corrected chi connectivity index (χ3v) is 3.81. The van der Waals surface area contributed by atoms with Gasteiger partial charge in [-0.25, -0.2) is 0 Å². The number of amides is 1. The first kappa shape index (κ1) is 15.6. The van der Waals surface area contributed by atoms with Crippen LogP contribution in [0.1, 0.15) is 27.5 Å². The molecular formula is C17H19NO2S. The summed E-state index contributed by atoms with van der Waals surface area (Å²) in [6.07, 6.45) is 2.03. The average molecular weight is 301 g/mol.